The lowest BCUT2D eigenvalue weighted by Crippen LogP contribution is -2.30. The lowest BCUT2D eigenvalue weighted by molar-refractivity contribution is -0.167. The van der Waals surface area contributed by atoms with Crippen molar-refractivity contribution < 1.29 is 28.6 Å². The number of rotatable bonds is 53. The molecule has 6 heteroatoms. The van der Waals surface area contributed by atoms with Crippen LogP contribution >= 0.6 is 0 Å². The number of carbonyl (C=O) groups is 3. The first kappa shape index (κ1) is 68.1. The minimum atomic E-state index is -0.797. The molecule has 0 bridgehead atoms. The van der Waals surface area contributed by atoms with E-state index in [0.29, 0.717) is 19.3 Å². The molecule has 0 rings (SSSR count). The molecule has 0 spiro atoms. The molecular formula is C66H110O6. The van der Waals surface area contributed by atoms with Gasteiger partial charge in [-0.15, -0.1) is 0 Å². The van der Waals surface area contributed by atoms with E-state index in [-0.39, 0.29) is 31.1 Å². The van der Waals surface area contributed by atoms with E-state index in [2.05, 4.69) is 130 Å². The highest BCUT2D eigenvalue weighted by molar-refractivity contribution is 5.71. The van der Waals surface area contributed by atoms with Crippen molar-refractivity contribution in [2.24, 2.45) is 0 Å². The molecule has 0 aliphatic rings. The predicted molar refractivity (Wildman–Crippen MR) is 311 cm³/mol. The molecular weight excluding hydrogens is 889 g/mol. The van der Waals surface area contributed by atoms with Gasteiger partial charge in [-0.25, -0.2) is 0 Å². The van der Waals surface area contributed by atoms with Crippen molar-refractivity contribution in [3.63, 3.8) is 0 Å². The Bertz CT molecular complexity index is 1470. The lowest BCUT2D eigenvalue weighted by Gasteiger charge is -2.18. The lowest BCUT2D eigenvalue weighted by atomic mass is 10.1. The Hall–Kier alpha value is -3.93. The molecule has 0 aromatic rings. The molecule has 0 aromatic heterocycles. The molecule has 1 unspecified atom stereocenters. The van der Waals surface area contributed by atoms with Gasteiger partial charge in [0.1, 0.15) is 13.2 Å². The number of hydrogen-bond donors (Lipinski definition) is 0. The molecule has 0 saturated carbocycles. The highest BCUT2D eigenvalue weighted by Crippen LogP contribution is 2.15. The quantitative estimate of drug-likeness (QED) is 0.0261. The zero-order valence-corrected chi connectivity index (χ0v) is 46.9. The fraction of sp³-hybridized carbons (Fsp3) is 0.682. The van der Waals surface area contributed by atoms with Crippen molar-refractivity contribution in [2.75, 3.05) is 13.2 Å². The van der Waals surface area contributed by atoms with Crippen molar-refractivity contribution >= 4 is 17.9 Å². The Balaban J connectivity index is 4.42. The number of allylic oxidation sites excluding steroid dienone is 18. The summed E-state index contributed by atoms with van der Waals surface area (Å²) in [5, 5.41) is 0. The van der Waals surface area contributed by atoms with Crippen LogP contribution < -0.4 is 0 Å². The molecule has 0 amide bonds. The molecule has 0 saturated heterocycles. The zero-order valence-electron chi connectivity index (χ0n) is 46.9. The van der Waals surface area contributed by atoms with Gasteiger partial charge in [0.15, 0.2) is 6.10 Å². The van der Waals surface area contributed by atoms with Crippen molar-refractivity contribution in [2.45, 2.75) is 277 Å². The molecule has 0 aromatic carbocycles. The third-order valence-electron chi connectivity index (χ3n) is 12.5. The van der Waals surface area contributed by atoms with E-state index >= 15 is 0 Å². The molecule has 410 valence electrons. The minimum Gasteiger partial charge on any atom is -0.462 e. The molecule has 0 aliphatic heterocycles. The molecule has 0 N–H and O–H groups in total. The van der Waals surface area contributed by atoms with Gasteiger partial charge in [-0.05, 0) is 122 Å². The van der Waals surface area contributed by atoms with Gasteiger partial charge < -0.3 is 14.2 Å². The van der Waals surface area contributed by atoms with Crippen molar-refractivity contribution in [1.82, 2.24) is 0 Å². The van der Waals surface area contributed by atoms with Crippen molar-refractivity contribution in [3.8, 4) is 0 Å². The summed E-state index contributed by atoms with van der Waals surface area (Å²) in [7, 11) is 0. The second-order valence-corrected chi connectivity index (χ2v) is 19.5. The molecule has 72 heavy (non-hydrogen) atoms. The van der Waals surface area contributed by atoms with Crippen LogP contribution in [0.4, 0.5) is 0 Å². The Morgan fingerprint density at radius 2 is 0.542 bits per heavy atom. The van der Waals surface area contributed by atoms with Crippen LogP contribution in [0.5, 0.6) is 0 Å². The summed E-state index contributed by atoms with van der Waals surface area (Å²) in [5.74, 6) is -0.926. The summed E-state index contributed by atoms with van der Waals surface area (Å²) in [6, 6.07) is 0. The summed E-state index contributed by atoms with van der Waals surface area (Å²) in [6.45, 7) is 6.39. The van der Waals surface area contributed by atoms with Gasteiger partial charge in [-0.2, -0.15) is 0 Å². The first-order valence-electron chi connectivity index (χ1n) is 29.9. The smallest absolute Gasteiger partial charge is 0.306 e. The standard InChI is InChI=1S/C66H110O6/c1-4-7-10-13-16-19-22-25-28-30-31-32-33-34-35-36-39-41-44-47-50-53-56-59-65(68)71-62-63(61-70-64(67)58-55-52-49-46-43-40-37-27-24-21-18-15-12-9-6-3)72-66(69)60-57-54-51-48-45-42-38-29-26-23-20-17-14-11-8-5-2/h7,9-10,12,16,18-19,21,25,27-29,31-32,34-35,37-38,63H,4-6,8,11,13-15,17,20,22-24,26,30,33,36,39-62H2,1-3H3/b10-7-,12-9-,19-16-,21-18-,28-25-,32-31-,35-34-,37-27-,38-29-. The van der Waals surface area contributed by atoms with E-state index in [9.17, 15) is 14.4 Å². The second-order valence-electron chi connectivity index (χ2n) is 19.5. The fourth-order valence-corrected chi connectivity index (χ4v) is 8.07. The summed E-state index contributed by atoms with van der Waals surface area (Å²) in [4.78, 5) is 38.2. The SMILES string of the molecule is CC/C=C\C/C=C\C/C=C\C/C=C\C/C=C\CCCCCCCCCC(=O)OCC(COC(=O)CCCCCCC/C=C\C/C=C\C/C=C\CC)OC(=O)CCCCCCC/C=C\CCCCCCCCC. The van der Waals surface area contributed by atoms with E-state index in [1.807, 2.05) is 0 Å². The molecule has 6 nitrogen and oxygen atoms in total. The molecule has 0 aliphatic carbocycles. The van der Waals surface area contributed by atoms with E-state index in [0.717, 1.165) is 148 Å². The molecule has 1 atom stereocenters. The van der Waals surface area contributed by atoms with Crippen molar-refractivity contribution in [1.29, 1.82) is 0 Å². The fourth-order valence-electron chi connectivity index (χ4n) is 8.07. The first-order valence-corrected chi connectivity index (χ1v) is 29.9. The Kier molecular flexibility index (Phi) is 56.4. The van der Waals surface area contributed by atoms with E-state index in [4.69, 9.17) is 14.2 Å². The Morgan fingerprint density at radius 1 is 0.292 bits per heavy atom. The minimum absolute atomic E-state index is 0.0940. The maximum atomic E-state index is 12.9. The van der Waals surface area contributed by atoms with Gasteiger partial charge >= 0.3 is 17.9 Å². The average molecular weight is 1000 g/mol. The highest BCUT2D eigenvalue weighted by Gasteiger charge is 2.19. The number of unbranched alkanes of at least 4 members (excludes halogenated alkanes) is 24. The summed E-state index contributed by atoms with van der Waals surface area (Å²) < 4.78 is 16.9. The Labute approximate surface area is 444 Å². The summed E-state index contributed by atoms with van der Waals surface area (Å²) in [6.07, 6.45) is 80.8. The number of ether oxygens (including phenoxy) is 3. The van der Waals surface area contributed by atoms with Gasteiger partial charge in [-0.1, -0.05) is 239 Å². The number of carbonyl (C=O) groups excluding carboxylic acids is 3. The van der Waals surface area contributed by atoms with E-state index in [1.54, 1.807) is 0 Å². The maximum absolute atomic E-state index is 12.9. The largest absolute Gasteiger partial charge is 0.462 e. The number of esters is 3. The zero-order chi connectivity index (χ0) is 52.2. The van der Waals surface area contributed by atoms with Crippen LogP contribution in [0.2, 0.25) is 0 Å². The molecule has 0 fully saturated rings. The topological polar surface area (TPSA) is 78.9 Å². The molecule has 0 radical (unpaired) electrons. The van der Waals surface area contributed by atoms with Crippen LogP contribution in [0, 0.1) is 0 Å². The third-order valence-corrected chi connectivity index (χ3v) is 12.5. The van der Waals surface area contributed by atoms with Crippen LogP contribution in [-0.2, 0) is 28.6 Å². The number of hydrogen-bond acceptors (Lipinski definition) is 6. The highest BCUT2D eigenvalue weighted by atomic mass is 16.6. The Morgan fingerprint density at radius 3 is 0.861 bits per heavy atom. The van der Waals surface area contributed by atoms with Crippen LogP contribution in [0.15, 0.2) is 109 Å². The van der Waals surface area contributed by atoms with Gasteiger partial charge in [0.25, 0.3) is 0 Å². The monoisotopic (exact) mass is 999 g/mol. The predicted octanol–water partition coefficient (Wildman–Crippen LogP) is 20.3. The van der Waals surface area contributed by atoms with Crippen LogP contribution in [0.25, 0.3) is 0 Å². The maximum Gasteiger partial charge on any atom is 0.306 e. The normalized spacial score (nSPS) is 12.9. The van der Waals surface area contributed by atoms with Crippen LogP contribution in [-0.4, -0.2) is 37.2 Å². The van der Waals surface area contributed by atoms with Gasteiger partial charge in [0.05, 0.1) is 0 Å². The van der Waals surface area contributed by atoms with E-state index in [1.165, 1.54) is 83.5 Å². The second kappa shape index (κ2) is 59.6. The summed E-state index contributed by atoms with van der Waals surface area (Å²) in [5.41, 5.74) is 0. The average Bonchev–Trinajstić information content (AvgIpc) is 3.38. The van der Waals surface area contributed by atoms with E-state index < -0.39 is 6.10 Å². The van der Waals surface area contributed by atoms with Gasteiger partial charge in [0, 0.05) is 19.3 Å². The summed E-state index contributed by atoms with van der Waals surface area (Å²) >= 11 is 0. The first-order chi connectivity index (χ1) is 35.5. The van der Waals surface area contributed by atoms with Crippen molar-refractivity contribution in [3.05, 3.63) is 109 Å². The van der Waals surface area contributed by atoms with Gasteiger partial charge in [0.2, 0.25) is 0 Å². The van der Waals surface area contributed by atoms with Gasteiger partial charge in [-0.3, -0.25) is 14.4 Å². The van der Waals surface area contributed by atoms with Crippen LogP contribution in [0.1, 0.15) is 271 Å². The third kappa shape index (κ3) is 57.0. The van der Waals surface area contributed by atoms with Crippen LogP contribution in [0.3, 0.4) is 0 Å². The molecule has 0 heterocycles.